The Balaban J connectivity index is 2.09. The maximum absolute atomic E-state index is 10.8. The van der Waals surface area contributed by atoms with Crippen LogP contribution in [0.25, 0.3) is 0 Å². The van der Waals surface area contributed by atoms with Gasteiger partial charge in [-0.2, -0.15) is 0 Å². The summed E-state index contributed by atoms with van der Waals surface area (Å²) in [7, 11) is 0. The van der Waals surface area contributed by atoms with Gasteiger partial charge in [0.25, 0.3) is 5.69 Å². The summed E-state index contributed by atoms with van der Waals surface area (Å²) in [6.07, 6.45) is -0.749. The standard InChI is InChI=1S/C13H15N5O3/c14-17-13-7-10(18(20)21)6-12(16-13)15-8-11(19)9-4-2-1-3-5-9/h1-7,11,19H,8,14H2,(H2,15,16,17). The van der Waals surface area contributed by atoms with Crippen LogP contribution in [-0.4, -0.2) is 21.6 Å². The zero-order chi connectivity index (χ0) is 15.2. The Morgan fingerprint density at radius 3 is 2.57 bits per heavy atom. The number of nitrogen functional groups attached to an aromatic ring is 1. The number of aromatic nitrogens is 1. The normalized spacial score (nSPS) is 11.7. The predicted molar refractivity (Wildman–Crippen MR) is 78.6 cm³/mol. The first kappa shape index (κ1) is 14.7. The second-order valence-corrected chi connectivity index (χ2v) is 4.30. The third-order valence-electron chi connectivity index (χ3n) is 2.83. The highest BCUT2D eigenvalue weighted by Crippen LogP contribution is 2.21. The molecule has 0 aliphatic heterocycles. The molecule has 8 heteroatoms. The van der Waals surface area contributed by atoms with Gasteiger partial charge in [0, 0.05) is 6.54 Å². The van der Waals surface area contributed by atoms with Crippen LogP contribution in [0.5, 0.6) is 0 Å². The van der Waals surface area contributed by atoms with Crippen LogP contribution in [0.15, 0.2) is 42.5 Å². The molecule has 0 fully saturated rings. The van der Waals surface area contributed by atoms with Crippen molar-refractivity contribution in [3.8, 4) is 0 Å². The number of hydrazine groups is 1. The number of aliphatic hydroxyl groups is 1. The second-order valence-electron chi connectivity index (χ2n) is 4.30. The Kier molecular flexibility index (Phi) is 4.64. The highest BCUT2D eigenvalue weighted by molar-refractivity contribution is 5.54. The van der Waals surface area contributed by atoms with E-state index < -0.39 is 11.0 Å². The largest absolute Gasteiger partial charge is 0.387 e. The van der Waals surface area contributed by atoms with Crippen LogP contribution in [0, 0.1) is 10.1 Å². The third kappa shape index (κ3) is 3.88. The number of hydrogen-bond acceptors (Lipinski definition) is 7. The van der Waals surface area contributed by atoms with Crippen LogP contribution in [0.1, 0.15) is 11.7 Å². The maximum Gasteiger partial charge on any atom is 0.276 e. The molecular formula is C13H15N5O3. The van der Waals surface area contributed by atoms with Crippen LogP contribution in [-0.2, 0) is 0 Å². The molecule has 110 valence electrons. The van der Waals surface area contributed by atoms with Gasteiger partial charge in [-0.3, -0.25) is 10.1 Å². The predicted octanol–water partition coefficient (Wildman–Crippen LogP) is 1.42. The van der Waals surface area contributed by atoms with E-state index in [9.17, 15) is 15.2 Å². The maximum atomic E-state index is 10.8. The van der Waals surface area contributed by atoms with Gasteiger partial charge in [0.05, 0.1) is 23.2 Å². The SMILES string of the molecule is NNc1cc([N+](=O)[O-])cc(NCC(O)c2ccccc2)n1. The van der Waals surface area contributed by atoms with Crippen molar-refractivity contribution < 1.29 is 10.0 Å². The molecule has 2 aromatic rings. The van der Waals surface area contributed by atoms with Crippen molar-refractivity contribution in [3.05, 3.63) is 58.1 Å². The fourth-order valence-electron chi connectivity index (χ4n) is 1.78. The molecule has 8 nitrogen and oxygen atoms in total. The van der Waals surface area contributed by atoms with E-state index in [2.05, 4.69) is 15.7 Å². The molecule has 0 aliphatic carbocycles. The molecule has 5 N–H and O–H groups in total. The molecule has 1 aromatic heterocycles. The number of rotatable bonds is 6. The summed E-state index contributed by atoms with van der Waals surface area (Å²) in [5, 5.41) is 23.7. The number of aliphatic hydroxyl groups excluding tert-OH is 1. The zero-order valence-corrected chi connectivity index (χ0v) is 11.1. The molecule has 0 bridgehead atoms. The molecule has 0 radical (unpaired) electrons. The number of nitrogens with two attached hydrogens (primary N) is 1. The first-order valence-electron chi connectivity index (χ1n) is 6.20. The summed E-state index contributed by atoms with van der Waals surface area (Å²) in [6.45, 7) is 0.169. The van der Waals surface area contributed by atoms with E-state index in [-0.39, 0.29) is 23.9 Å². The molecule has 0 saturated carbocycles. The minimum absolute atomic E-state index is 0.144. The molecule has 0 aliphatic rings. The van der Waals surface area contributed by atoms with Crippen LogP contribution < -0.4 is 16.6 Å². The van der Waals surface area contributed by atoms with Crippen LogP contribution in [0.2, 0.25) is 0 Å². The van der Waals surface area contributed by atoms with Gasteiger partial charge in [0.15, 0.2) is 0 Å². The van der Waals surface area contributed by atoms with Crippen molar-refractivity contribution in [1.82, 2.24) is 4.98 Å². The van der Waals surface area contributed by atoms with E-state index in [4.69, 9.17) is 5.84 Å². The summed E-state index contributed by atoms with van der Waals surface area (Å²) < 4.78 is 0. The molecule has 1 heterocycles. The van der Waals surface area contributed by atoms with E-state index in [1.165, 1.54) is 12.1 Å². The molecule has 0 saturated heterocycles. The number of hydrogen-bond donors (Lipinski definition) is 4. The Hall–Kier alpha value is -2.71. The highest BCUT2D eigenvalue weighted by atomic mass is 16.6. The highest BCUT2D eigenvalue weighted by Gasteiger charge is 2.12. The van der Waals surface area contributed by atoms with Crippen LogP contribution >= 0.6 is 0 Å². The Labute approximate surface area is 120 Å². The number of benzene rings is 1. The molecule has 1 atom stereocenters. The lowest BCUT2D eigenvalue weighted by atomic mass is 10.1. The van der Waals surface area contributed by atoms with Crippen molar-refractivity contribution in [3.63, 3.8) is 0 Å². The van der Waals surface area contributed by atoms with Crippen LogP contribution in [0.3, 0.4) is 0 Å². The lowest BCUT2D eigenvalue weighted by Gasteiger charge is -2.13. The van der Waals surface area contributed by atoms with Crippen molar-refractivity contribution in [2.75, 3.05) is 17.3 Å². The monoisotopic (exact) mass is 289 g/mol. The van der Waals surface area contributed by atoms with E-state index in [0.29, 0.717) is 0 Å². The Bertz CT molecular complexity index is 620. The van der Waals surface area contributed by atoms with E-state index in [0.717, 1.165) is 5.56 Å². The van der Waals surface area contributed by atoms with Gasteiger partial charge in [-0.1, -0.05) is 30.3 Å². The number of pyridine rings is 1. The number of nitrogens with one attached hydrogen (secondary N) is 2. The molecule has 1 unspecified atom stereocenters. The summed E-state index contributed by atoms with van der Waals surface area (Å²) in [5.41, 5.74) is 2.86. The first-order chi connectivity index (χ1) is 10.1. The van der Waals surface area contributed by atoms with Gasteiger partial charge in [0.2, 0.25) is 0 Å². The summed E-state index contributed by atoms with van der Waals surface area (Å²) in [4.78, 5) is 14.3. The van der Waals surface area contributed by atoms with Crippen molar-refractivity contribution in [2.24, 2.45) is 5.84 Å². The minimum Gasteiger partial charge on any atom is -0.387 e. The first-order valence-corrected chi connectivity index (χ1v) is 6.20. The van der Waals surface area contributed by atoms with Gasteiger partial charge in [-0.15, -0.1) is 0 Å². The average Bonchev–Trinajstić information content (AvgIpc) is 2.53. The Morgan fingerprint density at radius 1 is 1.29 bits per heavy atom. The minimum atomic E-state index is -0.749. The fourth-order valence-corrected chi connectivity index (χ4v) is 1.78. The lowest BCUT2D eigenvalue weighted by molar-refractivity contribution is -0.384. The van der Waals surface area contributed by atoms with E-state index >= 15 is 0 Å². The molecule has 21 heavy (non-hydrogen) atoms. The third-order valence-corrected chi connectivity index (χ3v) is 2.83. The quantitative estimate of drug-likeness (QED) is 0.360. The molecular weight excluding hydrogens is 274 g/mol. The topological polar surface area (TPSA) is 126 Å². The fraction of sp³-hybridized carbons (Fsp3) is 0.154. The molecule has 2 rings (SSSR count). The molecule has 0 amide bonds. The smallest absolute Gasteiger partial charge is 0.276 e. The second kappa shape index (κ2) is 6.64. The van der Waals surface area contributed by atoms with Crippen molar-refractivity contribution in [1.29, 1.82) is 0 Å². The Morgan fingerprint density at radius 2 is 1.95 bits per heavy atom. The van der Waals surface area contributed by atoms with Crippen molar-refractivity contribution >= 4 is 17.3 Å². The van der Waals surface area contributed by atoms with Gasteiger partial charge >= 0.3 is 0 Å². The van der Waals surface area contributed by atoms with E-state index in [1.54, 1.807) is 12.1 Å². The number of nitrogens with zero attached hydrogens (tertiary/aromatic N) is 2. The van der Waals surface area contributed by atoms with Gasteiger partial charge in [-0.05, 0) is 5.56 Å². The van der Waals surface area contributed by atoms with Crippen molar-refractivity contribution in [2.45, 2.75) is 6.10 Å². The average molecular weight is 289 g/mol. The van der Waals surface area contributed by atoms with Gasteiger partial charge in [0.1, 0.15) is 11.6 Å². The van der Waals surface area contributed by atoms with Gasteiger partial charge in [-0.25, -0.2) is 10.8 Å². The summed E-state index contributed by atoms with van der Waals surface area (Å²) in [5.74, 6) is 5.65. The molecule has 0 spiro atoms. The number of anilines is 2. The number of nitro groups is 1. The van der Waals surface area contributed by atoms with Gasteiger partial charge < -0.3 is 15.8 Å². The van der Waals surface area contributed by atoms with Crippen LogP contribution in [0.4, 0.5) is 17.3 Å². The lowest BCUT2D eigenvalue weighted by Crippen LogP contribution is -2.15. The molecule has 1 aromatic carbocycles. The van der Waals surface area contributed by atoms with E-state index in [1.807, 2.05) is 18.2 Å². The zero-order valence-electron chi connectivity index (χ0n) is 11.1. The summed E-state index contributed by atoms with van der Waals surface area (Å²) >= 11 is 0. The summed E-state index contributed by atoms with van der Waals surface area (Å²) in [6, 6.07) is 11.6.